The monoisotopic (exact) mass is 344 g/mol. The van der Waals surface area contributed by atoms with E-state index in [4.69, 9.17) is 20.8 Å². The van der Waals surface area contributed by atoms with Crippen LogP contribution in [0.1, 0.15) is 27.7 Å². The van der Waals surface area contributed by atoms with E-state index in [-0.39, 0.29) is 0 Å². The summed E-state index contributed by atoms with van der Waals surface area (Å²) in [6.45, 7) is 9.60. The fourth-order valence-corrected chi connectivity index (χ4v) is 2.13. The smallest absolute Gasteiger partial charge is 0.0680 e. The van der Waals surface area contributed by atoms with Crippen molar-refractivity contribution < 1.29 is 20.8 Å². The molecule has 0 aromatic heterocycles. The second-order valence-corrected chi connectivity index (χ2v) is 5.76. The molecule has 0 fully saturated rings. The Balaban J connectivity index is 4.92. The van der Waals surface area contributed by atoms with Crippen molar-refractivity contribution in [3.8, 4) is 0 Å². The van der Waals surface area contributed by atoms with Crippen LogP contribution in [0.4, 0.5) is 0 Å². The summed E-state index contributed by atoms with van der Waals surface area (Å²) in [6.07, 6.45) is 0. The number of oxime groups is 4. The Morgan fingerprint density at radius 2 is 0.750 bits per heavy atom. The van der Waals surface area contributed by atoms with Crippen LogP contribution in [0.25, 0.3) is 0 Å². The highest BCUT2D eigenvalue weighted by Crippen LogP contribution is 1.98. The van der Waals surface area contributed by atoms with Crippen LogP contribution in [0.3, 0.4) is 0 Å². The van der Waals surface area contributed by atoms with Crippen LogP contribution in [-0.4, -0.2) is 92.7 Å². The molecule has 0 aromatic carbocycles. The zero-order valence-electron chi connectivity index (χ0n) is 14.7. The van der Waals surface area contributed by atoms with Crippen molar-refractivity contribution in [3.05, 3.63) is 0 Å². The molecule has 4 N–H and O–H groups in total. The minimum Gasteiger partial charge on any atom is -0.411 e. The summed E-state index contributed by atoms with van der Waals surface area (Å²) in [6, 6.07) is 0. The van der Waals surface area contributed by atoms with E-state index < -0.39 is 0 Å². The van der Waals surface area contributed by atoms with E-state index in [1.807, 2.05) is 9.80 Å². The third-order valence-electron chi connectivity index (χ3n) is 3.23. The van der Waals surface area contributed by atoms with Gasteiger partial charge in [-0.3, -0.25) is 9.80 Å². The molecule has 0 saturated carbocycles. The molecule has 0 aromatic rings. The van der Waals surface area contributed by atoms with Crippen molar-refractivity contribution in [2.45, 2.75) is 27.7 Å². The minimum absolute atomic E-state index is 0.414. The first-order chi connectivity index (χ1) is 11.4. The number of hydrogen-bond donors (Lipinski definition) is 4. The molecule has 10 heteroatoms. The molecular formula is C14H28N6O4. The molecule has 0 spiro atoms. The molecule has 0 aliphatic rings. The second-order valence-electron chi connectivity index (χ2n) is 5.76. The Kier molecular flexibility index (Phi) is 11.1. The highest BCUT2D eigenvalue weighted by atomic mass is 16.4. The maximum absolute atomic E-state index is 8.84. The average molecular weight is 344 g/mol. The molecule has 0 aliphatic heterocycles. The van der Waals surface area contributed by atoms with Gasteiger partial charge in [0.1, 0.15) is 0 Å². The van der Waals surface area contributed by atoms with Gasteiger partial charge in [-0.15, -0.1) is 0 Å². The van der Waals surface area contributed by atoms with E-state index in [1.165, 1.54) is 0 Å². The van der Waals surface area contributed by atoms with Crippen molar-refractivity contribution in [1.82, 2.24) is 9.80 Å². The van der Waals surface area contributed by atoms with Gasteiger partial charge in [0.2, 0.25) is 0 Å². The Morgan fingerprint density at radius 3 is 0.917 bits per heavy atom. The van der Waals surface area contributed by atoms with Crippen molar-refractivity contribution >= 4 is 22.8 Å². The zero-order valence-corrected chi connectivity index (χ0v) is 14.7. The van der Waals surface area contributed by atoms with E-state index in [0.717, 1.165) is 0 Å². The van der Waals surface area contributed by atoms with Gasteiger partial charge in [0, 0.05) is 39.3 Å². The lowest BCUT2D eigenvalue weighted by Crippen LogP contribution is -2.42. The molecule has 0 bridgehead atoms. The summed E-state index contributed by atoms with van der Waals surface area (Å²) >= 11 is 0. The predicted molar refractivity (Wildman–Crippen MR) is 92.5 cm³/mol. The van der Waals surface area contributed by atoms with Crippen LogP contribution in [0, 0.1) is 0 Å². The van der Waals surface area contributed by atoms with Gasteiger partial charge in [-0.1, -0.05) is 20.6 Å². The van der Waals surface area contributed by atoms with Crippen molar-refractivity contribution in [3.63, 3.8) is 0 Å². The molecular weight excluding hydrogens is 316 g/mol. The molecule has 0 aliphatic carbocycles. The first-order valence-corrected chi connectivity index (χ1v) is 7.51. The van der Waals surface area contributed by atoms with E-state index in [9.17, 15) is 0 Å². The third kappa shape index (κ3) is 9.74. The second kappa shape index (κ2) is 12.3. The van der Waals surface area contributed by atoms with Crippen LogP contribution in [0.15, 0.2) is 20.6 Å². The maximum Gasteiger partial charge on any atom is 0.0680 e. The van der Waals surface area contributed by atoms with Gasteiger partial charge in [0.05, 0.1) is 22.8 Å². The van der Waals surface area contributed by atoms with Crippen LogP contribution < -0.4 is 0 Å². The van der Waals surface area contributed by atoms with E-state index >= 15 is 0 Å². The van der Waals surface area contributed by atoms with Gasteiger partial charge >= 0.3 is 0 Å². The number of rotatable bonds is 11. The largest absolute Gasteiger partial charge is 0.411 e. The fraction of sp³-hybridized carbons (Fsp3) is 0.714. The summed E-state index contributed by atoms with van der Waals surface area (Å²) in [4.78, 5) is 3.90. The first kappa shape index (κ1) is 21.8. The van der Waals surface area contributed by atoms with Crippen LogP contribution >= 0.6 is 0 Å². The Hall–Kier alpha value is -2.20. The van der Waals surface area contributed by atoms with E-state index in [2.05, 4.69) is 20.6 Å². The highest BCUT2D eigenvalue weighted by molar-refractivity contribution is 5.87. The molecule has 138 valence electrons. The Bertz CT molecular complexity index is 406. The van der Waals surface area contributed by atoms with E-state index in [0.29, 0.717) is 62.1 Å². The zero-order chi connectivity index (χ0) is 18.5. The summed E-state index contributed by atoms with van der Waals surface area (Å²) in [7, 11) is 0. The molecule has 0 radical (unpaired) electrons. The molecule has 0 saturated heterocycles. The molecule has 24 heavy (non-hydrogen) atoms. The van der Waals surface area contributed by atoms with Gasteiger partial charge in [0.15, 0.2) is 0 Å². The molecule has 0 rings (SSSR count). The lowest BCUT2D eigenvalue weighted by molar-refractivity contribution is 0.255. The Morgan fingerprint density at radius 1 is 0.542 bits per heavy atom. The van der Waals surface area contributed by atoms with Crippen molar-refractivity contribution in [2.24, 2.45) is 20.6 Å². The molecule has 0 atom stereocenters. The van der Waals surface area contributed by atoms with Gasteiger partial charge in [-0.05, 0) is 27.7 Å². The highest BCUT2D eigenvalue weighted by Gasteiger charge is 2.14. The van der Waals surface area contributed by atoms with Gasteiger partial charge in [-0.25, -0.2) is 0 Å². The molecule has 0 amide bonds. The van der Waals surface area contributed by atoms with Gasteiger partial charge in [0.25, 0.3) is 0 Å². The van der Waals surface area contributed by atoms with Crippen molar-refractivity contribution in [1.29, 1.82) is 0 Å². The summed E-state index contributed by atoms with van der Waals surface area (Å²) in [5.74, 6) is 0. The number of hydrogen-bond acceptors (Lipinski definition) is 10. The number of nitrogens with zero attached hydrogens (tertiary/aromatic N) is 6. The van der Waals surface area contributed by atoms with Gasteiger partial charge < -0.3 is 20.8 Å². The normalized spacial score (nSPS) is 14.8. The summed E-state index contributed by atoms with van der Waals surface area (Å²) in [5, 5.41) is 48.0. The average Bonchev–Trinajstić information content (AvgIpc) is 2.58. The molecule has 0 heterocycles. The summed E-state index contributed by atoms with van der Waals surface area (Å²) < 4.78 is 0. The first-order valence-electron chi connectivity index (χ1n) is 7.51. The van der Waals surface area contributed by atoms with Crippen LogP contribution in [0.5, 0.6) is 0 Å². The lowest BCUT2D eigenvalue weighted by Gasteiger charge is -2.27. The molecule has 10 nitrogen and oxygen atoms in total. The predicted octanol–water partition coefficient (Wildman–Crippen LogP) is 0.991. The minimum atomic E-state index is 0.414. The maximum atomic E-state index is 8.84. The topological polar surface area (TPSA) is 137 Å². The summed E-state index contributed by atoms with van der Waals surface area (Å²) in [5.41, 5.74) is 2.14. The quantitative estimate of drug-likeness (QED) is 0.251. The van der Waals surface area contributed by atoms with E-state index in [1.54, 1.807) is 27.7 Å². The third-order valence-corrected chi connectivity index (χ3v) is 3.23. The SMILES string of the molecule is CC(CN(CCN(CC(C)=NO)CC(C)=NO)CC(C)=NO)=NO. The van der Waals surface area contributed by atoms with Crippen molar-refractivity contribution in [2.75, 3.05) is 39.3 Å². The van der Waals surface area contributed by atoms with Crippen LogP contribution in [-0.2, 0) is 0 Å². The lowest BCUT2D eigenvalue weighted by atomic mass is 10.2. The van der Waals surface area contributed by atoms with Crippen LogP contribution in [0.2, 0.25) is 0 Å². The fourth-order valence-electron chi connectivity index (χ4n) is 2.13. The van der Waals surface area contributed by atoms with Gasteiger partial charge in [-0.2, -0.15) is 0 Å². The standard InChI is InChI=1S/C14H28N6O4/c1-11(15-21)7-19(8-12(2)16-22)5-6-20(9-13(3)17-23)10-14(4)18-24/h21-24H,5-10H2,1-4H3. The molecule has 0 unspecified atom stereocenters. The Labute approximate surface area is 142 Å².